The summed E-state index contributed by atoms with van der Waals surface area (Å²) in [5.74, 6) is 0. The summed E-state index contributed by atoms with van der Waals surface area (Å²) in [7, 11) is 0. The first-order valence-corrected chi connectivity index (χ1v) is 4.81. The molecule has 0 spiro atoms. The maximum Gasteiger partial charge on any atom is 0.152 e. The fourth-order valence-corrected chi connectivity index (χ4v) is 1.47. The van der Waals surface area contributed by atoms with Gasteiger partial charge in [0, 0.05) is 22.9 Å². The van der Waals surface area contributed by atoms with E-state index in [4.69, 9.17) is 0 Å². The van der Waals surface area contributed by atoms with E-state index in [0.29, 0.717) is 16.8 Å². The van der Waals surface area contributed by atoms with E-state index in [-0.39, 0.29) is 0 Å². The second-order valence-electron chi connectivity index (χ2n) is 3.30. The van der Waals surface area contributed by atoms with E-state index < -0.39 is 0 Å². The lowest BCUT2D eigenvalue weighted by molar-refractivity contribution is 0.111. The van der Waals surface area contributed by atoms with Crippen LogP contribution in [0.1, 0.15) is 20.7 Å². The van der Waals surface area contributed by atoms with Gasteiger partial charge in [-0.2, -0.15) is 0 Å². The Kier molecular flexibility index (Phi) is 2.87. The molecule has 2 rings (SSSR count). The number of hydrogen-bond acceptors (Lipinski definition) is 3. The zero-order valence-corrected chi connectivity index (χ0v) is 8.46. The number of carbonyl (C=O) groups excluding carboxylic acids is 2. The van der Waals surface area contributed by atoms with Crippen LogP contribution in [0.2, 0.25) is 0 Å². The lowest BCUT2D eigenvalue weighted by Crippen LogP contribution is -1.91. The van der Waals surface area contributed by atoms with Gasteiger partial charge in [-0.1, -0.05) is 24.3 Å². The largest absolute Gasteiger partial charge is 0.298 e. The summed E-state index contributed by atoms with van der Waals surface area (Å²) in [5, 5.41) is 0. The van der Waals surface area contributed by atoms with Gasteiger partial charge in [-0.05, 0) is 12.1 Å². The fraction of sp³-hybridized carbons (Fsp3) is 0. The molecule has 0 bridgehead atoms. The summed E-state index contributed by atoms with van der Waals surface area (Å²) in [6.07, 6.45) is 3.19. The average Bonchev–Trinajstić information content (AvgIpc) is 2.39. The van der Waals surface area contributed by atoms with Crippen molar-refractivity contribution in [2.45, 2.75) is 0 Å². The number of pyridine rings is 1. The highest BCUT2D eigenvalue weighted by Gasteiger charge is 2.04. The van der Waals surface area contributed by atoms with E-state index in [0.717, 1.165) is 18.1 Å². The number of hydrogen-bond donors (Lipinski definition) is 0. The fourth-order valence-electron chi connectivity index (χ4n) is 1.47. The number of aldehydes is 2. The van der Waals surface area contributed by atoms with Gasteiger partial charge >= 0.3 is 0 Å². The van der Waals surface area contributed by atoms with Gasteiger partial charge in [-0.15, -0.1) is 0 Å². The Bertz CT molecular complexity index is 518. The number of benzene rings is 1. The van der Waals surface area contributed by atoms with Crippen molar-refractivity contribution < 1.29 is 9.59 Å². The van der Waals surface area contributed by atoms with Crippen LogP contribution >= 0.6 is 0 Å². The molecule has 0 N–H and O–H groups in total. The average molecular weight is 211 g/mol. The van der Waals surface area contributed by atoms with Crippen LogP contribution in [0.5, 0.6) is 0 Å². The van der Waals surface area contributed by atoms with Gasteiger partial charge in [0.2, 0.25) is 0 Å². The molecular weight excluding hydrogens is 202 g/mol. The second kappa shape index (κ2) is 4.49. The highest BCUT2D eigenvalue weighted by molar-refractivity contribution is 5.86. The molecule has 0 saturated heterocycles. The highest BCUT2D eigenvalue weighted by Crippen LogP contribution is 2.19. The van der Waals surface area contributed by atoms with Crippen molar-refractivity contribution >= 4 is 12.6 Å². The van der Waals surface area contributed by atoms with Crippen molar-refractivity contribution in [1.82, 2.24) is 4.98 Å². The van der Waals surface area contributed by atoms with E-state index in [1.54, 1.807) is 42.6 Å². The van der Waals surface area contributed by atoms with Gasteiger partial charge in [0.05, 0.1) is 5.69 Å². The summed E-state index contributed by atoms with van der Waals surface area (Å²) in [5.41, 5.74) is 2.61. The van der Waals surface area contributed by atoms with Crippen LogP contribution in [-0.2, 0) is 0 Å². The molecule has 3 heteroatoms. The van der Waals surface area contributed by atoms with Gasteiger partial charge in [0.15, 0.2) is 6.29 Å². The zero-order chi connectivity index (χ0) is 11.4. The summed E-state index contributed by atoms with van der Waals surface area (Å²) in [6.45, 7) is 0. The van der Waals surface area contributed by atoms with Gasteiger partial charge < -0.3 is 0 Å². The zero-order valence-electron chi connectivity index (χ0n) is 8.46. The third kappa shape index (κ3) is 1.88. The molecular formula is C13H9NO2. The van der Waals surface area contributed by atoms with Crippen molar-refractivity contribution in [1.29, 1.82) is 0 Å². The Morgan fingerprint density at radius 1 is 0.938 bits per heavy atom. The van der Waals surface area contributed by atoms with E-state index in [1.807, 2.05) is 0 Å². The molecule has 0 aliphatic rings. The van der Waals surface area contributed by atoms with Crippen LogP contribution in [0, 0.1) is 0 Å². The number of carbonyl (C=O) groups is 2. The Morgan fingerprint density at radius 2 is 1.69 bits per heavy atom. The first-order chi connectivity index (χ1) is 7.85. The molecule has 16 heavy (non-hydrogen) atoms. The molecule has 0 fully saturated rings. The van der Waals surface area contributed by atoms with Crippen LogP contribution in [0.25, 0.3) is 11.3 Å². The topological polar surface area (TPSA) is 47.0 Å². The van der Waals surface area contributed by atoms with Crippen LogP contribution in [-0.4, -0.2) is 17.6 Å². The minimum Gasteiger partial charge on any atom is -0.298 e. The summed E-state index contributed by atoms with van der Waals surface area (Å²) >= 11 is 0. The third-order valence-corrected chi connectivity index (χ3v) is 2.29. The van der Waals surface area contributed by atoms with Gasteiger partial charge in [-0.3, -0.25) is 14.6 Å². The number of nitrogens with zero attached hydrogens (tertiary/aromatic N) is 1. The molecule has 1 heterocycles. The maximum atomic E-state index is 10.8. The third-order valence-electron chi connectivity index (χ3n) is 2.29. The van der Waals surface area contributed by atoms with Crippen LogP contribution in [0.4, 0.5) is 0 Å². The minimum absolute atomic E-state index is 0.543. The Balaban J connectivity index is 2.49. The van der Waals surface area contributed by atoms with Crippen LogP contribution in [0.3, 0.4) is 0 Å². The SMILES string of the molecule is O=Cc1ccc(-c2ncccc2C=O)cc1. The summed E-state index contributed by atoms with van der Waals surface area (Å²) in [6, 6.07) is 10.4. The molecule has 0 atom stereocenters. The minimum atomic E-state index is 0.543. The molecule has 0 aliphatic carbocycles. The molecule has 3 nitrogen and oxygen atoms in total. The molecule has 0 amide bonds. The van der Waals surface area contributed by atoms with Crippen molar-refractivity contribution in [2.24, 2.45) is 0 Å². The first-order valence-electron chi connectivity index (χ1n) is 4.81. The normalized spacial score (nSPS) is 9.75. The summed E-state index contributed by atoms with van der Waals surface area (Å²) in [4.78, 5) is 25.5. The van der Waals surface area contributed by atoms with Gasteiger partial charge in [0.1, 0.15) is 6.29 Å². The molecule has 2 aromatic rings. The lowest BCUT2D eigenvalue weighted by atomic mass is 10.1. The van der Waals surface area contributed by atoms with Gasteiger partial charge in [0.25, 0.3) is 0 Å². The standard InChI is InChI=1S/C13H9NO2/c15-8-10-3-5-11(6-4-10)13-12(9-16)2-1-7-14-13/h1-9H. The smallest absolute Gasteiger partial charge is 0.152 e. The highest BCUT2D eigenvalue weighted by atomic mass is 16.1. The van der Waals surface area contributed by atoms with E-state index in [9.17, 15) is 9.59 Å². The van der Waals surface area contributed by atoms with E-state index in [1.165, 1.54) is 0 Å². The summed E-state index contributed by atoms with van der Waals surface area (Å²) < 4.78 is 0. The van der Waals surface area contributed by atoms with Gasteiger partial charge in [-0.25, -0.2) is 0 Å². The van der Waals surface area contributed by atoms with E-state index >= 15 is 0 Å². The number of rotatable bonds is 3. The quantitative estimate of drug-likeness (QED) is 0.732. The van der Waals surface area contributed by atoms with Crippen molar-refractivity contribution in [3.8, 4) is 11.3 Å². The predicted molar refractivity (Wildman–Crippen MR) is 60.4 cm³/mol. The number of aromatic nitrogens is 1. The second-order valence-corrected chi connectivity index (χ2v) is 3.30. The van der Waals surface area contributed by atoms with Crippen molar-refractivity contribution in [3.05, 3.63) is 53.7 Å². The molecule has 78 valence electrons. The lowest BCUT2D eigenvalue weighted by Gasteiger charge is -2.03. The molecule has 1 aromatic heterocycles. The Labute approximate surface area is 92.8 Å². The van der Waals surface area contributed by atoms with Crippen molar-refractivity contribution in [3.63, 3.8) is 0 Å². The monoisotopic (exact) mass is 211 g/mol. The molecule has 0 aliphatic heterocycles. The van der Waals surface area contributed by atoms with E-state index in [2.05, 4.69) is 4.98 Å². The maximum absolute atomic E-state index is 10.8. The van der Waals surface area contributed by atoms with Crippen molar-refractivity contribution in [2.75, 3.05) is 0 Å². The Hall–Kier alpha value is -2.29. The molecule has 0 unspecified atom stereocenters. The predicted octanol–water partition coefficient (Wildman–Crippen LogP) is 2.37. The molecule has 0 radical (unpaired) electrons. The molecule has 0 saturated carbocycles. The Morgan fingerprint density at radius 3 is 2.31 bits per heavy atom. The molecule has 1 aromatic carbocycles. The van der Waals surface area contributed by atoms with Crippen LogP contribution < -0.4 is 0 Å². The van der Waals surface area contributed by atoms with Crippen LogP contribution in [0.15, 0.2) is 42.6 Å². The first kappa shape index (κ1) is 10.2.